The van der Waals surface area contributed by atoms with E-state index in [4.69, 9.17) is 5.73 Å². The van der Waals surface area contributed by atoms with E-state index >= 15 is 0 Å². The van der Waals surface area contributed by atoms with E-state index in [-0.39, 0.29) is 6.04 Å². The third-order valence-corrected chi connectivity index (χ3v) is 5.35. The molecule has 2 unspecified atom stereocenters. The molecule has 1 heterocycles. The van der Waals surface area contributed by atoms with Gasteiger partial charge in [-0.1, -0.05) is 44.0 Å². The molecule has 1 aliphatic carbocycles. The van der Waals surface area contributed by atoms with Gasteiger partial charge in [0.15, 0.2) is 0 Å². The maximum atomic E-state index is 6.57. The highest BCUT2D eigenvalue weighted by molar-refractivity contribution is 5.33. The van der Waals surface area contributed by atoms with E-state index in [9.17, 15) is 0 Å². The summed E-state index contributed by atoms with van der Waals surface area (Å²) in [5, 5.41) is 0. The zero-order chi connectivity index (χ0) is 13.9. The Labute approximate surface area is 123 Å². The van der Waals surface area contributed by atoms with Crippen LogP contribution in [0, 0.1) is 5.92 Å². The second-order valence-electron chi connectivity index (χ2n) is 6.60. The average Bonchev–Trinajstić information content (AvgIpc) is 2.49. The van der Waals surface area contributed by atoms with Crippen LogP contribution in [0.4, 0.5) is 0 Å². The number of benzene rings is 1. The summed E-state index contributed by atoms with van der Waals surface area (Å²) in [4.78, 5) is 2.67. The molecule has 0 saturated carbocycles. The third-order valence-electron chi connectivity index (χ3n) is 5.35. The Balaban J connectivity index is 1.65. The van der Waals surface area contributed by atoms with E-state index in [0.29, 0.717) is 6.04 Å². The number of fused-ring (bicyclic) bond motifs is 1. The van der Waals surface area contributed by atoms with Gasteiger partial charge in [-0.2, -0.15) is 0 Å². The van der Waals surface area contributed by atoms with Crippen molar-refractivity contribution in [2.75, 3.05) is 13.1 Å². The van der Waals surface area contributed by atoms with Crippen LogP contribution in [-0.2, 0) is 6.42 Å². The number of rotatable bonds is 3. The molecular formula is C18H28N2. The molecular weight excluding hydrogens is 244 g/mol. The molecule has 20 heavy (non-hydrogen) atoms. The van der Waals surface area contributed by atoms with Crippen molar-refractivity contribution in [3.8, 4) is 0 Å². The monoisotopic (exact) mass is 272 g/mol. The van der Waals surface area contributed by atoms with Gasteiger partial charge in [-0.15, -0.1) is 0 Å². The van der Waals surface area contributed by atoms with Gasteiger partial charge < -0.3 is 5.73 Å². The quantitative estimate of drug-likeness (QED) is 0.912. The van der Waals surface area contributed by atoms with Crippen LogP contribution < -0.4 is 5.73 Å². The lowest BCUT2D eigenvalue weighted by molar-refractivity contribution is 0.102. The van der Waals surface area contributed by atoms with Gasteiger partial charge in [0, 0.05) is 12.1 Å². The van der Waals surface area contributed by atoms with Crippen molar-refractivity contribution in [2.24, 2.45) is 11.7 Å². The maximum Gasteiger partial charge on any atom is 0.0455 e. The predicted octanol–water partition coefficient (Wildman–Crippen LogP) is 3.51. The minimum Gasteiger partial charge on any atom is -0.323 e. The average molecular weight is 272 g/mol. The summed E-state index contributed by atoms with van der Waals surface area (Å²) in [5.41, 5.74) is 9.43. The molecule has 1 aromatic carbocycles. The fourth-order valence-corrected chi connectivity index (χ4v) is 4.17. The number of nitrogens with two attached hydrogens (primary N) is 1. The smallest absolute Gasteiger partial charge is 0.0455 e. The summed E-state index contributed by atoms with van der Waals surface area (Å²) in [6.07, 6.45) is 7.92. The summed E-state index contributed by atoms with van der Waals surface area (Å²) in [6, 6.07) is 9.53. The van der Waals surface area contributed by atoms with Crippen molar-refractivity contribution in [1.82, 2.24) is 4.90 Å². The fraction of sp³-hybridized carbons (Fsp3) is 0.667. The van der Waals surface area contributed by atoms with Crippen molar-refractivity contribution in [3.63, 3.8) is 0 Å². The molecule has 0 aromatic heterocycles. The Morgan fingerprint density at radius 3 is 2.65 bits per heavy atom. The zero-order valence-electron chi connectivity index (χ0n) is 12.7. The van der Waals surface area contributed by atoms with E-state index in [1.165, 1.54) is 62.7 Å². The van der Waals surface area contributed by atoms with Gasteiger partial charge in [0.1, 0.15) is 0 Å². The lowest BCUT2D eigenvalue weighted by Gasteiger charge is -2.42. The SMILES string of the molecule is CCCC1CCN(C2CCc3ccccc3C2N)CC1. The Hall–Kier alpha value is -0.860. The van der Waals surface area contributed by atoms with Crippen molar-refractivity contribution >= 4 is 0 Å². The molecule has 1 fully saturated rings. The topological polar surface area (TPSA) is 29.3 Å². The van der Waals surface area contributed by atoms with E-state index in [1.807, 2.05) is 0 Å². The molecule has 2 nitrogen and oxygen atoms in total. The van der Waals surface area contributed by atoms with Crippen LogP contribution in [0.3, 0.4) is 0 Å². The van der Waals surface area contributed by atoms with Crippen molar-refractivity contribution in [1.29, 1.82) is 0 Å². The van der Waals surface area contributed by atoms with Crippen LogP contribution in [-0.4, -0.2) is 24.0 Å². The van der Waals surface area contributed by atoms with Gasteiger partial charge in [-0.05, 0) is 55.8 Å². The molecule has 1 aromatic rings. The number of likely N-dealkylation sites (tertiary alicyclic amines) is 1. The van der Waals surface area contributed by atoms with Gasteiger partial charge >= 0.3 is 0 Å². The van der Waals surface area contributed by atoms with E-state index in [0.717, 1.165) is 5.92 Å². The first-order valence-electron chi connectivity index (χ1n) is 8.37. The molecule has 0 spiro atoms. The molecule has 0 amide bonds. The van der Waals surface area contributed by atoms with Gasteiger partial charge in [-0.3, -0.25) is 4.90 Å². The van der Waals surface area contributed by atoms with Gasteiger partial charge in [0.25, 0.3) is 0 Å². The van der Waals surface area contributed by atoms with Crippen LogP contribution in [0.15, 0.2) is 24.3 Å². The molecule has 2 atom stereocenters. The highest BCUT2D eigenvalue weighted by Gasteiger charge is 2.32. The summed E-state index contributed by atoms with van der Waals surface area (Å²) >= 11 is 0. The van der Waals surface area contributed by atoms with Crippen LogP contribution in [0.5, 0.6) is 0 Å². The van der Waals surface area contributed by atoms with Gasteiger partial charge in [-0.25, -0.2) is 0 Å². The Morgan fingerprint density at radius 1 is 1.15 bits per heavy atom. The van der Waals surface area contributed by atoms with Crippen LogP contribution in [0.2, 0.25) is 0 Å². The Bertz CT molecular complexity index is 435. The molecule has 3 rings (SSSR count). The highest BCUT2D eigenvalue weighted by Crippen LogP contribution is 2.33. The van der Waals surface area contributed by atoms with Crippen LogP contribution in [0.25, 0.3) is 0 Å². The standard InChI is InChI=1S/C18H28N2/c1-2-5-14-10-12-20(13-11-14)17-9-8-15-6-3-4-7-16(15)18(17)19/h3-4,6-7,14,17-18H,2,5,8-13,19H2,1H3. The molecule has 1 aliphatic heterocycles. The lowest BCUT2D eigenvalue weighted by Crippen LogP contribution is -2.48. The molecule has 0 radical (unpaired) electrons. The van der Waals surface area contributed by atoms with Gasteiger partial charge in [0.2, 0.25) is 0 Å². The van der Waals surface area contributed by atoms with E-state index in [1.54, 1.807) is 0 Å². The number of nitrogens with zero attached hydrogens (tertiary/aromatic N) is 1. The highest BCUT2D eigenvalue weighted by atomic mass is 15.2. The van der Waals surface area contributed by atoms with Crippen molar-refractivity contribution < 1.29 is 0 Å². The van der Waals surface area contributed by atoms with Gasteiger partial charge in [0.05, 0.1) is 0 Å². The minimum absolute atomic E-state index is 0.211. The number of hydrogen-bond donors (Lipinski definition) is 1. The van der Waals surface area contributed by atoms with Crippen molar-refractivity contribution in [3.05, 3.63) is 35.4 Å². The molecule has 2 N–H and O–H groups in total. The molecule has 2 heteroatoms. The fourth-order valence-electron chi connectivity index (χ4n) is 4.17. The molecule has 0 bridgehead atoms. The van der Waals surface area contributed by atoms with Crippen LogP contribution >= 0.6 is 0 Å². The third kappa shape index (κ3) is 2.77. The number of piperidine rings is 1. The minimum atomic E-state index is 0.211. The summed E-state index contributed by atoms with van der Waals surface area (Å²) in [5.74, 6) is 0.961. The number of hydrogen-bond acceptors (Lipinski definition) is 2. The number of aryl methyl sites for hydroxylation is 1. The summed E-state index contributed by atoms with van der Waals surface area (Å²) in [7, 11) is 0. The molecule has 110 valence electrons. The summed E-state index contributed by atoms with van der Waals surface area (Å²) < 4.78 is 0. The second kappa shape index (κ2) is 6.28. The lowest BCUT2D eigenvalue weighted by atomic mass is 9.82. The molecule has 2 aliphatic rings. The normalized spacial score (nSPS) is 28.3. The van der Waals surface area contributed by atoms with Crippen molar-refractivity contribution in [2.45, 2.75) is 57.5 Å². The maximum absolute atomic E-state index is 6.57. The Kier molecular flexibility index (Phi) is 4.42. The molecule has 1 saturated heterocycles. The largest absolute Gasteiger partial charge is 0.323 e. The van der Waals surface area contributed by atoms with Crippen LogP contribution in [0.1, 0.15) is 56.2 Å². The first kappa shape index (κ1) is 14.1. The predicted molar refractivity (Wildman–Crippen MR) is 84.7 cm³/mol. The second-order valence-corrected chi connectivity index (χ2v) is 6.60. The Morgan fingerprint density at radius 2 is 1.90 bits per heavy atom. The first-order chi connectivity index (χ1) is 9.79. The summed E-state index contributed by atoms with van der Waals surface area (Å²) in [6.45, 7) is 4.82. The zero-order valence-corrected chi connectivity index (χ0v) is 12.7. The van der Waals surface area contributed by atoms with E-state index in [2.05, 4.69) is 36.1 Å². The first-order valence-corrected chi connectivity index (χ1v) is 8.37. The van der Waals surface area contributed by atoms with E-state index < -0.39 is 0 Å².